The van der Waals surface area contributed by atoms with Gasteiger partial charge in [0.1, 0.15) is 23.0 Å². The Hall–Kier alpha value is -4.05. The van der Waals surface area contributed by atoms with Gasteiger partial charge >= 0.3 is 0 Å². The summed E-state index contributed by atoms with van der Waals surface area (Å²) in [5, 5.41) is 8.32. The molecule has 0 saturated heterocycles. The van der Waals surface area contributed by atoms with Crippen molar-refractivity contribution in [2.45, 2.75) is 13.0 Å². The molecule has 2 N–H and O–H groups in total. The third-order valence-electron chi connectivity index (χ3n) is 4.85. The molecule has 5 aromatic rings. The molecule has 0 amide bonds. The van der Waals surface area contributed by atoms with Gasteiger partial charge in [0.2, 0.25) is 0 Å². The first kappa shape index (κ1) is 18.9. The lowest BCUT2D eigenvalue weighted by Crippen LogP contribution is -2.29. The number of aromatic nitrogens is 7. The lowest BCUT2D eigenvalue weighted by molar-refractivity contribution is 0.673. The Labute approximate surface area is 179 Å². The second kappa shape index (κ2) is 7.33. The molecule has 31 heavy (non-hydrogen) atoms. The van der Waals surface area contributed by atoms with Gasteiger partial charge in [0.15, 0.2) is 11.5 Å². The molecule has 0 saturated carbocycles. The summed E-state index contributed by atoms with van der Waals surface area (Å²) in [6, 6.07) is 10.2. The van der Waals surface area contributed by atoms with Crippen LogP contribution in [0.5, 0.6) is 0 Å². The van der Waals surface area contributed by atoms with E-state index in [-0.39, 0.29) is 33.5 Å². The summed E-state index contributed by atoms with van der Waals surface area (Å²) in [7, 11) is 0. The highest BCUT2D eigenvalue weighted by molar-refractivity contribution is 6.33. The van der Waals surface area contributed by atoms with Crippen molar-refractivity contribution in [3.8, 4) is 5.69 Å². The largest absolute Gasteiger partial charge is 0.359 e. The van der Waals surface area contributed by atoms with Gasteiger partial charge in [0.05, 0.1) is 23.1 Å². The van der Waals surface area contributed by atoms with Crippen LogP contribution in [0.25, 0.3) is 22.2 Å². The van der Waals surface area contributed by atoms with Crippen LogP contribution >= 0.6 is 11.6 Å². The first-order valence-corrected chi connectivity index (χ1v) is 9.72. The number of benzene rings is 1. The minimum absolute atomic E-state index is 0.218. The van der Waals surface area contributed by atoms with Crippen LogP contribution in [0.4, 0.5) is 5.82 Å². The number of hydrogen-bond donors (Lipinski definition) is 2. The van der Waals surface area contributed by atoms with E-state index in [1.807, 2.05) is 25.1 Å². The molecular weight excluding hydrogens is 420 g/mol. The Bertz CT molecular complexity index is 1540. The molecule has 154 valence electrons. The lowest BCUT2D eigenvalue weighted by Gasteiger charge is -2.19. The molecule has 0 fully saturated rings. The van der Waals surface area contributed by atoms with Crippen LogP contribution in [0.1, 0.15) is 18.8 Å². The SMILES string of the molecule is CC(Nc1ncnc2nc[nH]c(=O)c12)c1nn2ccc(Cl)c2c(=O)n1-c1ccccc1. The molecule has 0 radical (unpaired) electrons. The molecule has 0 aliphatic heterocycles. The molecule has 0 aliphatic carbocycles. The lowest BCUT2D eigenvalue weighted by atomic mass is 10.2. The number of nitrogens with zero attached hydrogens (tertiary/aromatic N) is 6. The minimum Gasteiger partial charge on any atom is -0.359 e. The highest BCUT2D eigenvalue weighted by Gasteiger charge is 2.21. The van der Waals surface area contributed by atoms with E-state index < -0.39 is 6.04 Å². The smallest absolute Gasteiger partial charge is 0.284 e. The number of aromatic amines is 1. The predicted octanol–water partition coefficient (Wildman–Crippen LogP) is 2.34. The molecule has 1 unspecified atom stereocenters. The van der Waals surface area contributed by atoms with Gasteiger partial charge in [-0.25, -0.2) is 19.5 Å². The predicted molar refractivity (Wildman–Crippen MR) is 116 cm³/mol. The van der Waals surface area contributed by atoms with Crippen molar-refractivity contribution in [1.29, 1.82) is 0 Å². The average molecular weight is 435 g/mol. The summed E-state index contributed by atoms with van der Waals surface area (Å²) in [5.74, 6) is 0.689. The Morgan fingerprint density at radius 3 is 2.71 bits per heavy atom. The summed E-state index contributed by atoms with van der Waals surface area (Å²) in [6.45, 7) is 1.82. The zero-order chi connectivity index (χ0) is 21.5. The van der Waals surface area contributed by atoms with Crippen LogP contribution in [-0.4, -0.2) is 34.1 Å². The molecule has 5 rings (SSSR count). The fourth-order valence-corrected chi connectivity index (χ4v) is 3.66. The van der Waals surface area contributed by atoms with Crippen molar-refractivity contribution in [3.63, 3.8) is 0 Å². The third-order valence-corrected chi connectivity index (χ3v) is 5.16. The molecule has 11 heteroatoms. The minimum atomic E-state index is -0.517. The maximum Gasteiger partial charge on any atom is 0.284 e. The fourth-order valence-electron chi connectivity index (χ4n) is 3.44. The van der Waals surface area contributed by atoms with Gasteiger partial charge in [-0.15, -0.1) is 0 Å². The number of rotatable bonds is 4. The van der Waals surface area contributed by atoms with Crippen molar-refractivity contribution < 1.29 is 0 Å². The van der Waals surface area contributed by atoms with E-state index in [4.69, 9.17) is 11.6 Å². The van der Waals surface area contributed by atoms with Gasteiger partial charge in [0.25, 0.3) is 11.1 Å². The first-order chi connectivity index (χ1) is 15.0. The number of para-hydroxylation sites is 1. The zero-order valence-electron chi connectivity index (χ0n) is 16.2. The molecule has 0 bridgehead atoms. The highest BCUT2D eigenvalue weighted by atomic mass is 35.5. The van der Waals surface area contributed by atoms with Gasteiger partial charge in [0, 0.05) is 6.20 Å². The van der Waals surface area contributed by atoms with E-state index >= 15 is 0 Å². The monoisotopic (exact) mass is 434 g/mol. The number of halogens is 1. The molecule has 0 aliphatic rings. The van der Waals surface area contributed by atoms with Crippen molar-refractivity contribution in [3.05, 3.63) is 86.8 Å². The van der Waals surface area contributed by atoms with Crippen molar-refractivity contribution in [1.82, 2.24) is 34.1 Å². The van der Waals surface area contributed by atoms with Crippen molar-refractivity contribution in [2.24, 2.45) is 0 Å². The van der Waals surface area contributed by atoms with Gasteiger partial charge in [-0.3, -0.25) is 14.2 Å². The quantitative estimate of drug-likeness (QED) is 0.445. The second-order valence-corrected chi connectivity index (χ2v) is 7.22. The third kappa shape index (κ3) is 3.13. The van der Waals surface area contributed by atoms with Crippen molar-refractivity contribution in [2.75, 3.05) is 5.32 Å². The van der Waals surface area contributed by atoms with Crippen LogP contribution in [0.15, 0.2) is 64.8 Å². The van der Waals surface area contributed by atoms with Gasteiger partial charge in [-0.2, -0.15) is 5.10 Å². The number of fused-ring (bicyclic) bond motifs is 2. The average Bonchev–Trinajstić information content (AvgIpc) is 3.15. The van der Waals surface area contributed by atoms with Crippen LogP contribution in [0.2, 0.25) is 5.02 Å². The summed E-state index contributed by atoms with van der Waals surface area (Å²) in [6.07, 6.45) is 4.22. The highest BCUT2D eigenvalue weighted by Crippen LogP contribution is 2.23. The summed E-state index contributed by atoms with van der Waals surface area (Å²) in [4.78, 5) is 40.5. The number of nitrogens with one attached hydrogen (secondary N) is 2. The van der Waals surface area contributed by atoms with Gasteiger partial charge in [-0.1, -0.05) is 29.8 Å². The van der Waals surface area contributed by atoms with E-state index in [0.29, 0.717) is 16.5 Å². The summed E-state index contributed by atoms with van der Waals surface area (Å²) in [5.41, 5.74) is 0.479. The van der Waals surface area contributed by atoms with Crippen LogP contribution in [0.3, 0.4) is 0 Å². The molecule has 10 nitrogen and oxygen atoms in total. The van der Waals surface area contributed by atoms with E-state index in [0.717, 1.165) is 0 Å². The topological polar surface area (TPSA) is 123 Å². The summed E-state index contributed by atoms with van der Waals surface area (Å²) < 4.78 is 2.94. The maximum atomic E-state index is 13.4. The molecule has 4 heterocycles. The van der Waals surface area contributed by atoms with Gasteiger partial charge in [-0.05, 0) is 25.1 Å². The molecular formula is C20H15ClN8O2. The Morgan fingerprint density at radius 2 is 1.90 bits per heavy atom. The van der Waals surface area contributed by atoms with E-state index in [2.05, 4.69) is 30.4 Å². The van der Waals surface area contributed by atoms with E-state index in [9.17, 15) is 9.59 Å². The normalized spacial score (nSPS) is 12.3. The molecule has 1 aromatic carbocycles. The second-order valence-electron chi connectivity index (χ2n) is 6.81. The maximum absolute atomic E-state index is 13.4. The zero-order valence-corrected chi connectivity index (χ0v) is 16.9. The fraction of sp³-hybridized carbons (Fsp3) is 0.100. The first-order valence-electron chi connectivity index (χ1n) is 9.34. The Balaban J connectivity index is 1.70. The number of H-pyrrole nitrogens is 1. The van der Waals surface area contributed by atoms with Gasteiger partial charge < -0.3 is 10.3 Å². The molecule has 0 spiro atoms. The Kier molecular flexibility index (Phi) is 4.48. The number of hydrogen-bond acceptors (Lipinski definition) is 7. The van der Waals surface area contributed by atoms with Crippen LogP contribution in [-0.2, 0) is 0 Å². The van der Waals surface area contributed by atoms with E-state index in [1.165, 1.54) is 21.7 Å². The number of anilines is 1. The van der Waals surface area contributed by atoms with E-state index in [1.54, 1.807) is 24.4 Å². The van der Waals surface area contributed by atoms with Crippen molar-refractivity contribution >= 4 is 34.0 Å². The molecule has 1 atom stereocenters. The Morgan fingerprint density at radius 1 is 1.10 bits per heavy atom. The van der Waals surface area contributed by atoms with Crippen LogP contribution in [0, 0.1) is 0 Å². The molecule has 4 aromatic heterocycles. The standard InChI is InChI=1S/C20H15ClN8O2/c1-11(26-17-14-16(22-9-24-17)23-10-25-19(14)30)18-27-28-8-7-13(21)15(28)20(31)29(18)12-5-3-2-4-6-12/h2-11H,1H3,(H2,22,23,24,25,26,30). The van der Waals surface area contributed by atoms with Crippen LogP contribution < -0.4 is 16.4 Å². The summed E-state index contributed by atoms with van der Waals surface area (Å²) >= 11 is 6.23.